The fraction of sp³-hybridized carbons (Fsp3) is 0.474. The lowest BCUT2D eigenvalue weighted by molar-refractivity contribution is -0.136. The molecule has 1 saturated carbocycles. The molecule has 5 heteroatoms. The molecular formula is C19H23FN2O2. The van der Waals surface area contributed by atoms with E-state index in [2.05, 4.69) is 11.7 Å². The molecule has 128 valence electrons. The van der Waals surface area contributed by atoms with Crippen LogP contribution in [-0.4, -0.2) is 35.7 Å². The van der Waals surface area contributed by atoms with E-state index in [1.54, 1.807) is 18.2 Å². The summed E-state index contributed by atoms with van der Waals surface area (Å²) >= 11 is 0. The number of carbonyl (C=O) groups excluding carboxylic acids is 1. The van der Waals surface area contributed by atoms with Crippen LogP contribution in [0.1, 0.15) is 37.7 Å². The van der Waals surface area contributed by atoms with Crippen LogP contribution in [0.15, 0.2) is 42.1 Å². The van der Waals surface area contributed by atoms with Crippen molar-refractivity contribution in [2.24, 2.45) is 11.1 Å². The molecule has 1 aromatic carbocycles. The van der Waals surface area contributed by atoms with E-state index in [0.717, 1.165) is 37.0 Å². The second-order valence-corrected chi connectivity index (χ2v) is 6.49. The van der Waals surface area contributed by atoms with E-state index in [4.69, 9.17) is 4.84 Å². The van der Waals surface area contributed by atoms with Crippen LogP contribution in [0.4, 0.5) is 4.39 Å². The number of benzene rings is 1. The standard InChI is InChI=1S/C19H23FN2O2/c1-2-11-22(19(23)15-5-3-4-6-15)13-17-12-18(21-24-17)14-7-9-16(20)10-8-14/h2,7-10,15,17H,1,3-6,11-13H2. The Kier molecular flexibility index (Phi) is 5.28. The van der Waals surface area contributed by atoms with Gasteiger partial charge >= 0.3 is 0 Å². The molecule has 24 heavy (non-hydrogen) atoms. The highest BCUT2D eigenvalue weighted by Gasteiger charge is 2.30. The number of oxime groups is 1. The number of hydrogen-bond acceptors (Lipinski definition) is 3. The van der Waals surface area contributed by atoms with Crippen molar-refractivity contribution in [1.82, 2.24) is 4.90 Å². The van der Waals surface area contributed by atoms with Crippen LogP contribution in [-0.2, 0) is 9.63 Å². The molecule has 1 amide bonds. The Bertz CT molecular complexity index is 621. The van der Waals surface area contributed by atoms with Gasteiger partial charge in [-0.15, -0.1) is 6.58 Å². The lowest BCUT2D eigenvalue weighted by atomic mass is 10.0. The van der Waals surface area contributed by atoms with Gasteiger partial charge in [-0.05, 0) is 30.5 Å². The predicted molar refractivity (Wildman–Crippen MR) is 91.2 cm³/mol. The van der Waals surface area contributed by atoms with Crippen molar-refractivity contribution in [3.8, 4) is 0 Å². The fourth-order valence-corrected chi connectivity index (χ4v) is 3.43. The van der Waals surface area contributed by atoms with Crippen LogP contribution in [0.5, 0.6) is 0 Å². The normalized spacial score (nSPS) is 20.5. The molecule has 1 aliphatic carbocycles. The Balaban J connectivity index is 1.59. The molecule has 4 nitrogen and oxygen atoms in total. The smallest absolute Gasteiger partial charge is 0.226 e. The Morgan fingerprint density at radius 2 is 2.04 bits per heavy atom. The largest absolute Gasteiger partial charge is 0.390 e. The van der Waals surface area contributed by atoms with Gasteiger partial charge in [0.1, 0.15) is 5.82 Å². The second-order valence-electron chi connectivity index (χ2n) is 6.49. The summed E-state index contributed by atoms with van der Waals surface area (Å²) in [6.07, 6.45) is 6.45. The Morgan fingerprint density at radius 1 is 1.33 bits per heavy atom. The van der Waals surface area contributed by atoms with Crippen LogP contribution in [0.3, 0.4) is 0 Å². The molecule has 1 atom stereocenters. The van der Waals surface area contributed by atoms with Gasteiger partial charge in [0.15, 0.2) is 6.10 Å². The third kappa shape index (κ3) is 3.83. The Hall–Kier alpha value is -2.17. The highest BCUT2D eigenvalue weighted by atomic mass is 19.1. The van der Waals surface area contributed by atoms with Crippen molar-refractivity contribution in [1.29, 1.82) is 0 Å². The number of nitrogens with zero attached hydrogens (tertiary/aromatic N) is 2. The van der Waals surface area contributed by atoms with Gasteiger partial charge in [-0.1, -0.05) is 36.2 Å². The van der Waals surface area contributed by atoms with Crippen molar-refractivity contribution >= 4 is 11.6 Å². The van der Waals surface area contributed by atoms with Gasteiger partial charge in [-0.3, -0.25) is 4.79 Å². The fourth-order valence-electron chi connectivity index (χ4n) is 3.43. The number of hydrogen-bond donors (Lipinski definition) is 0. The second kappa shape index (κ2) is 7.60. The maximum atomic E-state index is 13.0. The summed E-state index contributed by atoms with van der Waals surface area (Å²) in [6, 6.07) is 6.23. The first-order chi connectivity index (χ1) is 11.7. The first-order valence-electron chi connectivity index (χ1n) is 8.55. The maximum absolute atomic E-state index is 13.0. The molecular weight excluding hydrogens is 307 g/mol. The molecule has 0 N–H and O–H groups in total. The van der Waals surface area contributed by atoms with Gasteiger partial charge in [0.05, 0.1) is 12.3 Å². The SMILES string of the molecule is C=CCN(CC1CC(c2ccc(F)cc2)=NO1)C(=O)C1CCCC1. The topological polar surface area (TPSA) is 41.9 Å². The Morgan fingerprint density at radius 3 is 2.71 bits per heavy atom. The van der Waals surface area contributed by atoms with Gasteiger partial charge in [-0.25, -0.2) is 4.39 Å². The number of carbonyl (C=O) groups is 1. The Labute approximate surface area is 142 Å². The van der Waals surface area contributed by atoms with E-state index < -0.39 is 0 Å². The molecule has 1 aromatic rings. The average Bonchev–Trinajstić information content (AvgIpc) is 3.26. The molecule has 1 unspecified atom stereocenters. The minimum absolute atomic E-state index is 0.142. The van der Waals surface area contributed by atoms with E-state index in [-0.39, 0.29) is 23.7 Å². The number of halogens is 1. The summed E-state index contributed by atoms with van der Waals surface area (Å²) in [7, 11) is 0. The molecule has 1 aliphatic heterocycles. The molecule has 0 spiro atoms. The first-order valence-corrected chi connectivity index (χ1v) is 8.55. The van der Waals surface area contributed by atoms with Crippen LogP contribution in [0, 0.1) is 11.7 Å². The first kappa shape index (κ1) is 16.7. The van der Waals surface area contributed by atoms with Crippen molar-refractivity contribution in [3.63, 3.8) is 0 Å². The van der Waals surface area contributed by atoms with Crippen molar-refractivity contribution < 1.29 is 14.0 Å². The summed E-state index contributed by atoms with van der Waals surface area (Å²) in [5.74, 6) is 0.0733. The summed E-state index contributed by atoms with van der Waals surface area (Å²) in [4.78, 5) is 20.0. The van der Waals surface area contributed by atoms with E-state index in [1.165, 1.54) is 12.1 Å². The molecule has 1 fully saturated rings. The zero-order chi connectivity index (χ0) is 16.9. The molecule has 2 aliphatic rings. The monoisotopic (exact) mass is 330 g/mol. The quantitative estimate of drug-likeness (QED) is 0.749. The number of rotatable bonds is 6. The van der Waals surface area contributed by atoms with Gasteiger partial charge in [0.2, 0.25) is 5.91 Å². The van der Waals surface area contributed by atoms with Crippen molar-refractivity contribution in [2.75, 3.05) is 13.1 Å². The van der Waals surface area contributed by atoms with Crippen molar-refractivity contribution in [3.05, 3.63) is 48.3 Å². The van der Waals surface area contributed by atoms with Crippen LogP contribution in [0.25, 0.3) is 0 Å². The van der Waals surface area contributed by atoms with E-state index in [0.29, 0.717) is 19.5 Å². The summed E-state index contributed by atoms with van der Waals surface area (Å²) in [5, 5.41) is 4.12. The van der Waals surface area contributed by atoms with E-state index in [1.807, 2.05) is 4.90 Å². The van der Waals surface area contributed by atoms with E-state index >= 15 is 0 Å². The lowest BCUT2D eigenvalue weighted by Gasteiger charge is -2.26. The summed E-state index contributed by atoms with van der Waals surface area (Å²) in [5.41, 5.74) is 1.66. The molecule has 3 rings (SSSR count). The van der Waals surface area contributed by atoms with Crippen LogP contribution >= 0.6 is 0 Å². The molecule has 1 heterocycles. The van der Waals surface area contributed by atoms with Gasteiger partial charge in [0, 0.05) is 18.9 Å². The molecule has 0 aromatic heterocycles. The molecule has 0 saturated heterocycles. The van der Waals surface area contributed by atoms with Gasteiger partial charge in [0.25, 0.3) is 0 Å². The highest BCUT2D eigenvalue weighted by Crippen LogP contribution is 2.27. The number of amides is 1. The highest BCUT2D eigenvalue weighted by molar-refractivity contribution is 6.01. The van der Waals surface area contributed by atoms with Crippen LogP contribution in [0.2, 0.25) is 0 Å². The minimum atomic E-state index is -0.269. The van der Waals surface area contributed by atoms with E-state index in [9.17, 15) is 9.18 Å². The lowest BCUT2D eigenvalue weighted by Crippen LogP contribution is -2.40. The van der Waals surface area contributed by atoms with Crippen molar-refractivity contribution in [2.45, 2.75) is 38.2 Å². The zero-order valence-electron chi connectivity index (χ0n) is 13.8. The van der Waals surface area contributed by atoms with Crippen LogP contribution < -0.4 is 0 Å². The molecule has 0 bridgehead atoms. The predicted octanol–water partition coefficient (Wildman–Crippen LogP) is 3.52. The maximum Gasteiger partial charge on any atom is 0.226 e. The average molecular weight is 330 g/mol. The van der Waals surface area contributed by atoms with Gasteiger partial charge in [-0.2, -0.15) is 0 Å². The zero-order valence-corrected chi connectivity index (χ0v) is 13.8. The molecule has 0 radical (unpaired) electrons. The van der Waals surface area contributed by atoms with Gasteiger partial charge < -0.3 is 9.74 Å². The third-order valence-electron chi connectivity index (χ3n) is 4.70. The summed E-state index contributed by atoms with van der Waals surface area (Å²) in [6.45, 7) is 4.79. The third-order valence-corrected chi connectivity index (χ3v) is 4.70. The summed E-state index contributed by atoms with van der Waals surface area (Å²) < 4.78 is 13.0. The minimum Gasteiger partial charge on any atom is -0.390 e.